The first-order valence-corrected chi connectivity index (χ1v) is 5.55. The van der Waals surface area contributed by atoms with E-state index in [-0.39, 0.29) is 0 Å². The van der Waals surface area contributed by atoms with Gasteiger partial charge in [-0.25, -0.2) is 0 Å². The Bertz CT molecular complexity index is 354. The Morgan fingerprint density at radius 1 is 1.40 bits per heavy atom. The molecule has 4 nitrogen and oxygen atoms in total. The summed E-state index contributed by atoms with van der Waals surface area (Å²) in [6, 6.07) is 0.448. The van der Waals surface area contributed by atoms with E-state index in [0.29, 0.717) is 6.04 Å². The van der Waals surface area contributed by atoms with E-state index >= 15 is 0 Å². The molecule has 1 aliphatic heterocycles. The highest BCUT2D eigenvalue weighted by molar-refractivity contribution is 5.30. The highest BCUT2D eigenvalue weighted by Gasteiger charge is 2.25. The van der Waals surface area contributed by atoms with Gasteiger partial charge >= 0.3 is 0 Å². The van der Waals surface area contributed by atoms with Crippen LogP contribution in [0, 0.1) is 0 Å². The van der Waals surface area contributed by atoms with Crippen molar-refractivity contribution in [1.29, 1.82) is 0 Å². The Morgan fingerprint density at radius 2 is 2.13 bits per heavy atom. The van der Waals surface area contributed by atoms with Gasteiger partial charge in [0.2, 0.25) is 0 Å². The van der Waals surface area contributed by atoms with Gasteiger partial charge in [-0.3, -0.25) is 9.58 Å². The average molecular weight is 208 g/mol. The van der Waals surface area contributed by atoms with Crippen molar-refractivity contribution in [1.82, 2.24) is 20.0 Å². The monoisotopic (exact) mass is 208 g/mol. The minimum Gasteiger partial charge on any atom is -0.314 e. The number of nitrogens with one attached hydrogen (secondary N) is 1. The third-order valence-corrected chi connectivity index (χ3v) is 2.88. The fourth-order valence-corrected chi connectivity index (χ4v) is 2.23. The third kappa shape index (κ3) is 1.79. The molecule has 4 heteroatoms. The summed E-state index contributed by atoms with van der Waals surface area (Å²) in [4.78, 5) is 2.31. The second-order valence-electron chi connectivity index (χ2n) is 4.61. The second-order valence-corrected chi connectivity index (χ2v) is 4.61. The Labute approximate surface area is 91.3 Å². The van der Waals surface area contributed by atoms with E-state index in [9.17, 15) is 0 Å². The zero-order valence-corrected chi connectivity index (χ0v) is 10.0. The second kappa shape index (κ2) is 3.94. The lowest BCUT2D eigenvalue weighted by molar-refractivity contribution is 0.340. The van der Waals surface area contributed by atoms with Gasteiger partial charge in [0.25, 0.3) is 0 Å². The van der Waals surface area contributed by atoms with Crippen LogP contribution in [-0.2, 0) is 19.6 Å². The minimum atomic E-state index is 0.448. The summed E-state index contributed by atoms with van der Waals surface area (Å²) in [7, 11) is 4.13. The van der Waals surface area contributed by atoms with E-state index in [1.165, 1.54) is 17.0 Å². The van der Waals surface area contributed by atoms with Crippen LogP contribution in [0.25, 0.3) is 0 Å². The van der Waals surface area contributed by atoms with Gasteiger partial charge in [-0.1, -0.05) is 0 Å². The molecular formula is C11H20N4. The van der Waals surface area contributed by atoms with Gasteiger partial charge in [-0.15, -0.1) is 0 Å². The van der Waals surface area contributed by atoms with Gasteiger partial charge in [-0.05, 0) is 27.9 Å². The van der Waals surface area contributed by atoms with Crippen LogP contribution in [0.15, 0.2) is 0 Å². The van der Waals surface area contributed by atoms with Crippen molar-refractivity contribution in [3.63, 3.8) is 0 Å². The van der Waals surface area contributed by atoms with Crippen LogP contribution in [0.3, 0.4) is 0 Å². The maximum Gasteiger partial charge on any atom is 0.0813 e. The Balaban J connectivity index is 2.39. The lowest BCUT2D eigenvalue weighted by Crippen LogP contribution is -2.18. The number of aromatic nitrogens is 2. The summed E-state index contributed by atoms with van der Waals surface area (Å²) < 4.78 is 2.16. The van der Waals surface area contributed by atoms with Crippen LogP contribution in [0.2, 0.25) is 0 Å². The van der Waals surface area contributed by atoms with Crippen molar-refractivity contribution in [2.75, 3.05) is 14.1 Å². The predicted molar refractivity (Wildman–Crippen MR) is 60.5 cm³/mol. The molecule has 84 valence electrons. The molecule has 0 saturated carbocycles. The third-order valence-electron chi connectivity index (χ3n) is 2.88. The summed E-state index contributed by atoms with van der Waals surface area (Å²) >= 11 is 0. The SMILES string of the molecule is CNCc1c2c(nn1C(C)C)CN(C)C2. The summed E-state index contributed by atoms with van der Waals surface area (Å²) in [5, 5.41) is 7.92. The van der Waals surface area contributed by atoms with Crippen LogP contribution in [0.5, 0.6) is 0 Å². The molecule has 0 fully saturated rings. The Hall–Kier alpha value is -0.870. The molecule has 2 heterocycles. The van der Waals surface area contributed by atoms with Gasteiger partial charge in [0.05, 0.1) is 11.4 Å². The Morgan fingerprint density at radius 3 is 2.73 bits per heavy atom. The molecule has 0 amide bonds. The molecular weight excluding hydrogens is 188 g/mol. The first kappa shape index (κ1) is 10.6. The highest BCUT2D eigenvalue weighted by atomic mass is 15.3. The van der Waals surface area contributed by atoms with Crippen LogP contribution in [-0.4, -0.2) is 28.8 Å². The van der Waals surface area contributed by atoms with E-state index in [0.717, 1.165) is 19.6 Å². The fraction of sp³-hybridized carbons (Fsp3) is 0.727. The van der Waals surface area contributed by atoms with E-state index in [2.05, 4.69) is 35.8 Å². The normalized spacial score (nSPS) is 16.3. The lowest BCUT2D eigenvalue weighted by atomic mass is 10.2. The molecule has 0 atom stereocenters. The zero-order chi connectivity index (χ0) is 11.0. The molecule has 0 bridgehead atoms. The van der Waals surface area contributed by atoms with Gasteiger partial charge in [0.15, 0.2) is 0 Å². The molecule has 0 radical (unpaired) electrons. The van der Waals surface area contributed by atoms with E-state index in [1.54, 1.807) is 0 Å². The standard InChI is InChI=1S/C11H20N4/c1-8(2)15-11(5-12-3)9-6-14(4)7-10(9)13-15/h8,12H,5-7H2,1-4H3. The van der Waals surface area contributed by atoms with Crippen molar-refractivity contribution < 1.29 is 0 Å². The first-order valence-electron chi connectivity index (χ1n) is 5.55. The molecule has 0 aromatic carbocycles. The van der Waals surface area contributed by atoms with Crippen LogP contribution in [0.4, 0.5) is 0 Å². The largest absolute Gasteiger partial charge is 0.314 e. The molecule has 0 unspecified atom stereocenters. The first-order chi connectivity index (χ1) is 7.13. The number of hydrogen-bond donors (Lipinski definition) is 1. The van der Waals surface area contributed by atoms with Crippen molar-refractivity contribution in [2.24, 2.45) is 0 Å². The van der Waals surface area contributed by atoms with Crippen molar-refractivity contribution in [2.45, 2.75) is 39.5 Å². The molecule has 0 aliphatic carbocycles. The van der Waals surface area contributed by atoms with Crippen LogP contribution >= 0.6 is 0 Å². The maximum atomic E-state index is 4.69. The summed E-state index contributed by atoms with van der Waals surface area (Å²) in [5.41, 5.74) is 4.05. The zero-order valence-electron chi connectivity index (χ0n) is 10.0. The smallest absolute Gasteiger partial charge is 0.0813 e. The molecule has 0 spiro atoms. The van der Waals surface area contributed by atoms with E-state index < -0.39 is 0 Å². The van der Waals surface area contributed by atoms with Crippen LogP contribution < -0.4 is 5.32 Å². The van der Waals surface area contributed by atoms with Crippen molar-refractivity contribution in [3.05, 3.63) is 17.0 Å². The summed E-state index contributed by atoms with van der Waals surface area (Å²) in [6.07, 6.45) is 0. The molecule has 1 N–H and O–H groups in total. The number of nitrogens with zero attached hydrogens (tertiary/aromatic N) is 3. The van der Waals surface area contributed by atoms with Gasteiger partial charge in [0, 0.05) is 31.2 Å². The van der Waals surface area contributed by atoms with Gasteiger partial charge in [-0.2, -0.15) is 5.10 Å². The predicted octanol–water partition coefficient (Wildman–Crippen LogP) is 1.13. The van der Waals surface area contributed by atoms with Gasteiger partial charge in [0.1, 0.15) is 0 Å². The summed E-state index contributed by atoms with van der Waals surface area (Å²) in [6.45, 7) is 7.31. The van der Waals surface area contributed by atoms with Crippen molar-refractivity contribution >= 4 is 0 Å². The van der Waals surface area contributed by atoms with Crippen LogP contribution in [0.1, 0.15) is 36.8 Å². The van der Waals surface area contributed by atoms with Crippen molar-refractivity contribution in [3.8, 4) is 0 Å². The molecule has 1 aliphatic rings. The number of hydrogen-bond acceptors (Lipinski definition) is 3. The van der Waals surface area contributed by atoms with Gasteiger partial charge < -0.3 is 5.32 Å². The Kier molecular flexibility index (Phi) is 2.80. The molecule has 1 aromatic heterocycles. The highest BCUT2D eigenvalue weighted by Crippen LogP contribution is 2.26. The lowest BCUT2D eigenvalue weighted by Gasteiger charge is -2.14. The minimum absolute atomic E-state index is 0.448. The quantitative estimate of drug-likeness (QED) is 0.808. The average Bonchev–Trinajstić information content (AvgIpc) is 2.64. The number of fused-ring (bicyclic) bond motifs is 1. The van der Waals surface area contributed by atoms with E-state index in [1.807, 2.05) is 7.05 Å². The molecule has 0 saturated heterocycles. The number of rotatable bonds is 3. The molecule has 1 aromatic rings. The van der Waals surface area contributed by atoms with E-state index in [4.69, 9.17) is 5.10 Å². The maximum absolute atomic E-state index is 4.69. The summed E-state index contributed by atoms with van der Waals surface area (Å²) in [5.74, 6) is 0. The molecule has 2 rings (SSSR count). The fourth-order valence-electron chi connectivity index (χ4n) is 2.23. The topological polar surface area (TPSA) is 33.1 Å². The molecule has 15 heavy (non-hydrogen) atoms.